The second-order valence-corrected chi connectivity index (χ2v) is 8.78. The number of ether oxygens (including phenoxy) is 1. The monoisotopic (exact) mass is 477 g/mol. The van der Waals surface area contributed by atoms with E-state index in [2.05, 4.69) is 20.6 Å². The zero-order valence-corrected chi connectivity index (χ0v) is 19.4. The van der Waals surface area contributed by atoms with Crippen molar-refractivity contribution in [2.24, 2.45) is 0 Å². The molecule has 0 bridgehead atoms. The molecule has 182 valence electrons. The van der Waals surface area contributed by atoms with Crippen molar-refractivity contribution in [1.82, 2.24) is 14.7 Å². The lowest BCUT2D eigenvalue weighted by molar-refractivity contribution is -0.116. The minimum Gasteiger partial charge on any atom is -0.379 e. The van der Waals surface area contributed by atoms with Crippen molar-refractivity contribution in [3.05, 3.63) is 71.3 Å². The van der Waals surface area contributed by atoms with Crippen LogP contribution in [0.4, 0.5) is 15.8 Å². The number of rotatable bonds is 7. The van der Waals surface area contributed by atoms with E-state index in [0.717, 1.165) is 49.3 Å². The number of morpholine rings is 1. The molecule has 1 aliphatic carbocycles. The minimum absolute atomic E-state index is 0.0369. The van der Waals surface area contributed by atoms with E-state index in [-0.39, 0.29) is 23.9 Å². The van der Waals surface area contributed by atoms with E-state index in [4.69, 9.17) is 4.74 Å². The molecule has 35 heavy (non-hydrogen) atoms. The SMILES string of the molecule is O=C(CCN1CCOCC1)Nc1cc(NC(=O)c2nn(-c3ccccc3)c3c2CCC3)ccc1F. The summed E-state index contributed by atoms with van der Waals surface area (Å²) in [7, 11) is 0. The Morgan fingerprint density at radius 1 is 1.03 bits per heavy atom. The van der Waals surface area contributed by atoms with Crippen LogP contribution in [-0.2, 0) is 22.4 Å². The number of amides is 2. The third kappa shape index (κ3) is 5.26. The lowest BCUT2D eigenvalue weighted by atomic mass is 10.2. The Kier molecular flexibility index (Phi) is 6.87. The Morgan fingerprint density at radius 3 is 2.63 bits per heavy atom. The van der Waals surface area contributed by atoms with E-state index >= 15 is 0 Å². The number of aromatic nitrogens is 2. The van der Waals surface area contributed by atoms with Crippen LogP contribution >= 0.6 is 0 Å². The van der Waals surface area contributed by atoms with Crippen LogP contribution in [-0.4, -0.2) is 59.3 Å². The highest BCUT2D eigenvalue weighted by atomic mass is 19.1. The highest BCUT2D eigenvalue weighted by Crippen LogP contribution is 2.29. The Bertz CT molecular complexity index is 1220. The highest BCUT2D eigenvalue weighted by molar-refractivity contribution is 6.04. The summed E-state index contributed by atoms with van der Waals surface area (Å²) < 4.78 is 21.5. The van der Waals surface area contributed by atoms with Gasteiger partial charge in [0, 0.05) is 43.0 Å². The van der Waals surface area contributed by atoms with E-state index in [1.165, 1.54) is 18.2 Å². The maximum atomic E-state index is 14.4. The Morgan fingerprint density at radius 2 is 1.83 bits per heavy atom. The zero-order valence-electron chi connectivity index (χ0n) is 19.4. The zero-order chi connectivity index (χ0) is 24.2. The fraction of sp³-hybridized carbons (Fsp3) is 0.346. The number of fused-ring (bicyclic) bond motifs is 1. The first-order chi connectivity index (χ1) is 17.1. The van der Waals surface area contributed by atoms with Gasteiger partial charge in [-0.3, -0.25) is 14.5 Å². The maximum Gasteiger partial charge on any atom is 0.276 e. The van der Waals surface area contributed by atoms with E-state index < -0.39 is 5.82 Å². The lowest BCUT2D eigenvalue weighted by Gasteiger charge is -2.26. The largest absolute Gasteiger partial charge is 0.379 e. The van der Waals surface area contributed by atoms with E-state index in [1.54, 1.807) is 0 Å². The number of hydrogen-bond acceptors (Lipinski definition) is 5. The molecule has 1 aliphatic heterocycles. The molecule has 0 saturated carbocycles. The molecule has 1 fully saturated rings. The molecule has 2 heterocycles. The van der Waals surface area contributed by atoms with Crippen LogP contribution in [0.2, 0.25) is 0 Å². The number of carbonyl (C=O) groups excluding carboxylic acids is 2. The van der Waals surface area contributed by atoms with Crippen molar-refractivity contribution < 1.29 is 18.7 Å². The second-order valence-electron chi connectivity index (χ2n) is 8.78. The van der Waals surface area contributed by atoms with Gasteiger partial charge in [0.2, 0.25) is 5.91 Å². The van der Waals surface area contributed by atoms with E-state index in [0.29, 0.717) is 31.1 Å². The topological polar surface area (TPSA) is 88.5 Å². The average molecular weight is 478 g/mol. The number of nitrogens with zero attached hydrogens (tertiary/aromatic N) is 3. The summed E-state index contributed by atoms with van der Waals surface area (Å²) in [6.45, 7) is 3.47. The molecule has 0 atom stereocenters. The summed E-state index contributed by atoms with van der Waals surface area (Å²) in [5, 5.41) is 10.1. The number of para-hydroxylation sites is 1. The number of halogens is 1. The average Bonchev–Trinajstić information content (AvgIpc) is 3.49. The number of carbonyl (C=O) groups is 2. The Hall–Kier alpha value is -3.56. The first-order valence-corrected chi connectivity index (χ1v) is 12.0. The van der Waals surface area contributed by atoms with Gasteiger partial charge >= 0.3 is 0 Å². The van der Waals surface area contributed by atoms with Crippen LogP contribution in [0.5, 0.6) is 0 Å². The number of anilines is 2. The first-order valence-electron chi connectivity index (χ1n) is 12.0. The molecule has 8 nitrogen and oxygen atoms in total. The number of nitrogens with one attached hydrogen (secondary N) is 2. The van der Waals surface area contributed by atoms with Gasteiger partial charge in [-0.2, -0.15) is 5.10 Å². The quantitative estimate of drug-likeness (QED) is 0.545. The molecule has 9 heteroatoms. The first kappa shape index (κ1) is 23.2. The number of benzene rings is 2. The van der Waals surface area contributed by atoms with Crippen molar-refractivity contribution in [2.75, 3.05) is 43.5 Å². The Labute approximate surface area is 203 Å². The van der Waals surface area contributed by atoms with Crippen LogP contribution < -0.4 is 10.6 Å². The molecule has 3 aromatic rings. The van der Waals surface area contributed by atoms with Crippen LogP contribution in [0.25, 0.3) is 5.69 Å². The van der Waals surface area contributed by atoms with Gasteiger partial charge in [0.1, 0.15) is 5.82 Å². The summed E-state index contributed by atoms with van der Waals surface area (Å²) in [5.41, 5.74) is 3.71. The molecule has 0 spiro atoms. The summed E-state index contributed by atoms with van der Waals surface area (Å²) in [6.07, 6.45) is 2.87. The predicted molar refractivity (Wildman–Crippen MR) is 130 cm³/mol. The highest BCUT2D eigenvalue weighted by Gasteiger charge is 2.27. The van der Waals surface area contributed by atoms with Crippen molar-refractivity contribution >= 4 is 23.2 Å². The van der Waals surface area contributed by atoms with Crippen LogP contribution in [0.1, 0.15) is 34.6 Å². The fourth-order valence-corrected chi connectivity index (χ4v) is 4.59. The Balaban J connectivity index is 1.27. The molecule has 2 aliphatic rings. The molecule has 0 radical (unpaired) electrons. The number of hydrogen-bond donors (Lipinski definition) is 2. The molecule has 1 aromatic heterocycles. The summed E-state index contributed by atoms with van der Waals surface area (Å²) in [4.78, 5) is 27.7. The molecular formula is C26H28FN5O3. The molecule has 2 aromatic carbocycles. The standard InChI is InChI=1S/C26H28FN5O3/c27-21-10-9-18(17-22(21)29-24(33)11-12-31-13-15-35-16-14-31)28-26(34)25-20-7-4-8-23(20)32(30-25)19-5-2-1-3-6-19/h1-3,5-6,9-10,17H,4,7-8,11-16H2,(H,28,34)(H,29,33). The van der Waals surface area contributed by atoms with Crippen molar-refractivity contribution in [3.8, 4) is 5.69 Å². The third-order valence-electron chi connectivity index (χ3n) is 6.40. The molecule has 1 saturated heterocycles. The van der Waals surface area contributed by atoms with Crippen molar-refractivity contribution in [2.45, 2.75) is 25.7 Å². The van der Waals surface area contributed by atoms with Gasteiger partial charge in [0.15, 0.2) is 5.69 Å². The van der Waals surface area contributed by atoms with Crippen LogP contribution in [0, 0.1) is 5.82 Å². The third-order valence-corrected chi connectivity index (χ3v) is 6.40. The molecule has 5 rings (SSSR count). The van der Waals surface area contributed by atoms with Gasteiger partial charge in [-0.15, -0.1) is 0 Å². The van der Waals surface area contributed by atoms with E-state index in [1.807, 2.05) is 35.0 Å². The minimum atomic E-state index is -0.558. The van der Waals surface area contributed by atoms with Gasteiger partial charge in [-0.25, -0.2) is 9.07 Å². The van der Waals surface area contributed by atoms with Gasteiger partial charge in [-0.1, -0.05) is 18.2 Å². The molecule has 2 N–H and O–H groups in total. The molecule has 0 unspecified atom stereocenters. The van der Waals surface area contributed by atoms with Gasteiger partial charge < -0.3 is 15.4 Å². The van der Waals surface area contributed by atoms with Gasteiger partial charge in [-0.05, 0) is 49.6 Å². The summed E-state index contributed by atoms with van der Waals surface area (Å²) >= 11 is 0. The van der Waals surface area contributed by atoms with Gasteiger partial charge in [0.05, 0.1) is 24.6 Å². The van der Waals surface area contributed by atoms with Crippen LogP contribution in [0.3, 0.4) is 0 Å². The van der Waals surface area contributed by atoms with Gasteiger partial charge in [0.25, 0.3) is 5.91 Å². The molecular weight excluding hydrogens is 449 g/mol. The second kappa shape index (κ2) is 10.4. The fourth-order valence-electron chi connectivity index (χ4n) is 4.59. The summed E-state index contributed by atoms with van der Waals surface area (Å²) in [5.74, 6) is -1.19. The van der Waals surface area contributed by atoms with Crippen molar-refractivity contribution in [1.29, 1.82) is 0 Å². The van der Waals surface area contributed by atoms with E-state index in [9.17, 15) is 14.0 Å². The smallest absolute Gasteiger partial charge is 0.276 e. The molecule has 2 amide bonds. The normalized spacial score (nSPS) is 15.6. The van der Waals surface area contributed by atoms with Crippen LogP contribution in [0.15, 0.2) is 48.5 Å². The summed E-state index contributed by atoms with van der Waals surface area (Å²) in [6, 6.07) is 13.9. The maximum absolute atomic E-state index is 14.4. The predicted octanol–water partition coefficient (Wildman–Crippen LogP) is 3.41. The van der Waals surface area contributed by atoms with Crippen molar-refractivity contribution in [3.63, 3.8) is 0 Å². The lowest BCUT2D eigenvalue weighted by Crippen LogP contribution is -2.38.